The summed E-state index contributed by atoms with van der Waals surface area (Å²) >= 11 is 0. The second kappa shape index (κ2) is 4.58. The van der Waals surface area contributed by atoms with E-state index in [9.17, 15) is 0 Å². The van der Waals surface area contributed by atoms with E-state index in [1.807, 2.05) is 0 Å². The van der Waals surface area contributed by atoms with Crippen molar-refractivity contribution in [1.29, 1.82) is 0 Å². The van der Waals surface area contributed by atoms with Crippen LogP contribution in [0.5, 0.6) is 0 Å². The molecule has 2 aliphatic carbocycles. The van der Waals surface area contributed by atoms with Gasteiger partial charge in [-0.2, -0.15) is 0 Å². The van der Waals surface area contributed by atoms with Gasteiger partial charge in [0.2, 0.25) is 0 Å². The lowest BCUT2D eigenvalue weighted by molar-refractivity contribution is 0.417. The van der Waals surface area contributed by atoms with Gasteiger partial charge >= 0.3 is 0 Å². The van der Waals surface area contributed by atoms with E-state index in [0.29, 0.717) is 0 Å². The van der Waals surface area contributed by atoms with Gasteiger partial charge in [0.15, 0.2) is 0 Å². The fourth-order valence-electron chi connectivity index (χ4n) is 2.58. The first-order valence-corrected chi connectivity index (χ1v) is 6.74. The first-order chi connectivity index (χ1) is 7.93. The maximum Gasteiger partial charge on any atom is 0.00683 e. The molecule has 0 spiro atoms. The van der Waals surface area contributed by atoms with E-state index < -0.39 is 0 Å². The fourth-order valence-corrected chi connectivity index (χ4v) is 2.58. The van der Waals surface area contributed by atoms with Crippen molar-refractivity contribution in [3.63, 3.8) is 0 Å². The smallest absolute Gasteiger partial charge is 0.00683 e. The second-order valence-corrected chi connectivity index (χ2v) is 5.31. The van der Waals surface area contributed by atoms with Crippen LogP contribution in [0.4, 0.5) is 0 Å². The first-order valence-electron chi connectivity index (χ1n) is 6.74. The Kier molecular flexibility index (Phi) is 2.96. The molecule has 0 unspecified atom stereocenters. The van der Waals surface area contributed by atoms with E-state index >= 15 is 0 Å². The average Bonchev–Trinajstić information content (AvgIpc) is 3.02. The summed E-state index contributed by atoms with van der Waals surface area (Å²) < 4.78 is 0. The standard InChI is InChI=1S/C15H21N/c1-2-7-15(12-5-3-6-12)13(4-1)10-11-16-14-8-9-14/h1-2,4,7,12,14,16H,3,5-6,8-11H2. The van der Waals surface area contributed by atoms with Gasteiger partial charge in [-0.1, -0.05) is 30.7 Å². The summed E-state index contributed by atoms with van der Waals surface area (Å²) in [6.45, 7) is 1.16. The summed E-state index contributed by atoms with van der Waals surface area (Å²) in [6, 6.07) is 9.90. The molecule has 0 amide bonds. The van der Waals surface area contributed by atoms with Crippen LogP contribution < -0.4 is 5.32 Å². The summed E-state index contributed by atoms with van der Waals surface area (Å²) in [5.74, 6) is 0.872. The number of nitrogens with one attached hydrogen (secondary N) is 1. The Morgan fingerprint density at radius 2 is 1.88 bits per heavy atom. The molecule has 1 heteroatoms. The summed E-state index contributed by atoms with van der Waals surface area (Å²) in [5, 5.41) is 3.61. The lowest BCUT2D eigenvalue weighted by atomic mass is 9.78. The molecule has 1 nitrogen and oxygen atoms in total. The molecule has 2 fully saturated rings. The zero-order chi connectivity index (χ0) is 10.8. The Morgan fingerprint density at radius 1 is 1.06 bits per heavy atom. The van der Waals surface area contributed by atoms with E-state index in [1.165, 1.54) is 38.5 Å². The highest BCUT2D eigenvalue weighted by Gasteiger charge is 2.22. The van der Waals surface area contributed by atoms with Gasteiger partial charge in [-0.15, -0.1) is 0 Å². The largest absolute Gasteiger partial charge is 0.314 e. The Morgan fingerprint density at radius 3 is 2.56 bits per heavy atom. The van der Waals surface area contributed by atoms with Crippen molar-refractivity contribution in [3.8, 4) is 0 Å². The molecule has 0 heterocycles. The van der Waals surface area contributed by atoms with Crippen molar-refractivity contribution in [3.05, 3.63) is 35.4 Å². The van der Waals surface area contributed by atoms with E-state index in [0.717, 1.165) is 18.5 Å². The maximum absolute atomic E-state index is 3.61. The lowest BCUT2D eigenvalue weighted by Crippen LogP contribution is -2.20. The summed E-state index contributed by atoms with van der Waals surface area (Å²) in [7, 11) is 0. The van der Waals surface area contributed by atoms with Crippen LogP contribution in [0.25, 0.3) is 0 Å². The van der Waals surface area contributed by atoms with Gasteiger partial charge in [0.1, 0.15) is 0 Å². The van der Waals surface area contributed by atoms with Crippen molar-refractivity contribution in [2.24, 2.45) is 0 Å². The Balaban J connectivity index is 1.61. The summed E-state index contributed by atoms with van der Waals surface area (Å²) in [4.78, 5) is 0. The molecule has 3 rings (SSSR count). The lowest BCUT2D eigenvalue weighted by Gasteiger charge is -2.28. The van der Waals surface area contributed by atoms with Gasteiger partial charge in [-0.3, -0.25) is 0 Å². The van der Waals surface area contributed by atoms with Crippen molar-refractivity contribution in [2.75, 3.05) is 6.54 Å². The van der Waals surface area contributed by atoms with Crippen molar-refractivity contribution in [2.45, 2.75) is 50.5 Å². The molecule has 1 N–H and O–H groups in total. The molecule has 0 aliphatic heterocycles. The Hall–Kier alpha value is -0.820. The van der Waals surface area contributed by atoms with Crippen LogP contribution in [0.1, 0.15) is 49.1 Å². The minimum Gasteiger partial charge on any atom is -0.314 e. The van der Waals surface area contributed by atoms with Crippen LogP contribution in [0.15, 0.2) is 24.3 Å². The van der Waals surface area contributed by atoms with Gasteiger partial charge in [-0.05, 0) is 55.7 Å². The van der Waals surface area contributed by atoms with Crippen LogP contribution in [0, 0.1) is 0 Å². The number of rotatable bonds is 5. The molecule has 1 aromatic carbocycles. The molecule has 0 radical (unpaired) electrons. The van der Waals surface area contributed by atoms with E-state index in [4.69, 9.17) is 0 Å². The van der Waals surface area contributed by atoms with Gasteiger partial charge in [-0.25, -0.2) is 0 Å². The molecule has 0 saturated heterocycles. The quantitative estimate of drug-likeness (QED) is 0.795. The normalized spacial score (nSPS) is 20.8. The zero-order valence-electron chi connectivity index (χ0n) is 9.91. The van der Waals surface area contributed by atoms with Crippen molar-refractivity contribution in [1.82, 2.24) is 5.32 Å². The topological polar surface area (TPSA) is 12.0 Å². The van der Waals surface area contributed by atoms with Crippen LogP contribution >= 0.6 is 0 Å². The predicted octanol–water partition coefficient (Wildman–Crippen LogP) is 3.25. The molecule has 2 aliphatic rings. The van der Waals surface area contributed by atoms with Gasteiger partial charge in [0, 0.05) is 6.04 Å². The third-order valence-corrected chi connectivity index (χ3v) is 4.00. The summed E-state index contributed by atoms with van der Waals surface area (Å²) in [6.07, 6.45) is 8.25. The molecular formula is C15H21N. The highest BCUT2D eigenvalue weighted by molar-refractivity contribution is 5.31. The fraction of sp³-hybridized carbons (Fsp3) is 0.600. The molecule has 0 atom stereocenters. The molecule has 0 bridgehead atoms. The first kappa shape index (κ1) is 10.3. The van der Waals surface area contributed by atoms with Crippen LogP contribution in [-0.2, 0) is 6.42 Å². The van der Waals surface area contributed by atoms with E-state index in [-0.39, 0.29) is 0 Å². The van der Waals surface area contributed by atoms with E-state index in [1.54, 1.807) is 11.1 Å². The third kappa shape index (κ3) is 2.30. The molecule has 0 aromatic heterocycles. The Bertz CT molecular complexity index is 350. The van der Waals surface area contributed by atoms with Gasteiger partial charge < -0.3 is 5.32 Å². The molecule has 1 aromatic rings. The summed E-state index contributed by atoms with van der Waals surface area (Å²) in [5.41, 5.74) is 3.21. The zero-order valence-corrected chi connectivity index (χ0v) is 9.91. The monoisotopic (exact) mass is 215 g/mol. The molecule has 2 saturated carbocycles. The maximum atomic E-state index is 3.61. The van der Waals surface area contributed by atoms with Gasteiger partial charge in [0.05, 0.1) is 0 Å². The Labute approximate surface area is 98.3 Å². The highest BCUT2D eigenvalue weighted by atomic mass is 14.9. The molecule has 86 valence electrons. The van der Waals surface area contributed by atoms with Crippen molar-refractivity contribution < 1.29 is 0 Å². The van der Waals surface area contributed by atoms with Crippen LogP contribution in [0.2, 0.25) is 0 Å². The molecule has 16 heavy (non-hydrogen) atoms. The third-order valence-electron chi connectivity index (χ3n) is 4.00. The van der Waals surface area contributed by atoms with Gasteiger partial charge in [0.25, 0.3) is 0 Å². The number of benzene rings is 1. The minimum absolute atomic E-state index is 0.843. The number of hydrogen-bond donors (Lipinski definition) is 1. The minimum atomic E-state index is 0.843. The van der Waals surface area contributed by atoms with Crippen LogP contribution in [-0.4, -0.2) is 12.6 Å². The van der Waals surface area contributed by atoms with E-state index in [2.05, 4.69) is 29.6 Å². The predicted molar refractivity (Wildman–Crippen MR) is 67.8 cm³/mol. The SMILES string of the molecule is c1ccc(C2CCC2)c(CCNC2CC2)c1. The average molecular weight is 215 g/mol. The second-order valence-electron chi connectivity index (χ2n) is 5.31. The molecular weight excluding hydrogens is 194 g/mol. The highest BCUT2D eigenvalue weighted by Crippen LogP contribution is 2.37. The number of hydrogen-bond acceptors (Lipinski definition) is 1. The van der Waals surface area contributed by atoms with Crippen LogP contribution in [0.3, 0.4) is 0 Å². The van der Waals surface area contributed by atoms with Crippen molar-refractivity contribution >= 4 is 0 Å².